The van der Waals surface area contributed by atoms with Crippen LogP contribution in [-0.4, -0.2) is 25.3 Å². The number of ether oxygens (including phenoxy) is 2. The molecular formula is C19H34O3. The number of rotatable bonds is 5. The normalized spacial score (nSPS) is 35.6. The molecule has 128 valence electrons. The fourth-order valence-corrected chi connectivity index (χ4v) is 4.94. The number of carbonyl (C=O) groups is 1. The lowest BCUT2D eigenvalue weighted by Gasteiger charge is -2.48. The van der Waals surface area contributed by atoms with E-state index in [1.54, 1.807) is 0 Å². The highest BCUT2D eigenvalue weighted by atomic mass is 16.5. The summed E-state index contributed by atoms with van der Waals surface area (Å²) in [5.41, 5.74) is 0.444. The molecule has 0 bridgehead atoms. The Bertz CT molecular complexity index is 352. The third-order valence-electron chi connectivity index (χ3n) is 6.64. The van der Waals surface area contributed by atoms with Crippen molar-refractivity contribution in [3.63, 3.8) is 0 Å². The van der Waals surface area contributed by atoms with Crippen molar-refractivity contribution in [3.05, 3.63) is 0 Å². The van der Waals surface area contributed by atoms with E-state index in [9.17, 15) is 4.79 Å². The van der Waals surface area contributed by atoms with Crippen LogP contribution in [-0.2, 0) is 14.3 Å². The lowest BCUT2D eigenvalue weighted by Crippen LogP contribution is -2.40. The van der Waals surface area contributed by atoms with Crippen molar-refractivity contribution >= 4 is 5.97 Å². The Morgan fingerprint density at radius 2 is 1.41 bits per heavy atom. The molecule has 2 rings (SSSR count). The van der Waals surface area contributed by atoms with Gasteiger partial charge in [0.25, 0.3) is 0 Å². The minimum Gasteiger partial charge on any atom is -0.463 e. The third-order valence-corrected chi connectivity index (χ3v) is 6.64. The summed E-state index contributed by atoms with van der Waals surface area (Å²) in [5.74, 6) is 1.49. The van der Waals surface area contributed by atoms with E-state index in [2.05, 4.69) is 13.8 Å². The summed E-state index contributed by atoms with van der Waals surface area (Å²) in [4.78, 5) is 11.1. The number of hydrogen-bond acceptors (Lipinski definition) is 3. The van der Waals surface area contributed by atoms with Crippen molar-refractivity contribution in [2.45, 2.75) is 90.8 Å². The van der Waals surface area contributed by atoms with Crippen molar-refractivity contribution in [3.8, 4) is 0 Å². The van der Waals surface area contributed by atoms with E-state index >= 15 is 0 Å². The van der Waals surface area contributed by atoms with Crippen molar-refractivity contribution in [1.29, 1.82) is 0 Å². The fourth-order valence-electron chi connectivity index (χ4n) is 4.94. The lowest BCUT2D eigenvalue weighted by molar-refractivity contribution is -0.149. The quantitative estimate of drug-likeness (QED) is 0.689. The third kappa shape index (κ3) is 4.04. The van der Waals surface area contributed by atoms with Gasteiger partial charge in [-0.2, -0.15) is 0 Å². The first-order valence-electron chi connectivity index (χ1n) is 9.19. The fraction of sp³-hybridized carbons (Fsp3) is 0.947. The van der Waals surface area contributed by atoms with Crippen molar-refractivity contribution in [2.24, 2.45) is 17.3 Å². The van der Waals surface area contributed by atoms with Gasteiger partial charge in [-0.05, 0) is 68.6 Å². The van der Waals surface area contributed by atoms with E-state index in [0.717, 1.165) is 24.7 Å². The van der Waals surface area contributed by atoms with Gasteiger partial charge < -0.3 is 9.47 Å². The molecule has 22 heavy (non-hydrogen) atoms. The molecule has 0 amide bonds. The molecule has 0 aromatic heterocycles. The molecule has 2 aliphatic rings. The van der Waals surface area contributed by atoms with Gasteiger partial charge in [0.15, 0.2) is 0 Å². The summed E-state index contributed by atoms with van der Waals surface area (Å²) < 4.78 is 10.9. The Balaban J connectivity index is 1.92. The highest BCUT2D eigenvalue weighted by Gasteiger charge is 2.42. The second-order valence-electron chi connectivity index (χ2n) is 7.65. The van der Waals surface area contributed by atoms with Gasteiger partial charge in [-0.15, -0.1) is 0 Å². The summed E-state index contributed by atoms with van der Waals surface area (Å²) in [6.45, 7) is 6.40. The maximum absolute atomic E-state index is 11.1. The van der Waals surface area contributed by atoms with E-state index in [4.69, 9.17) is 9.47 Å². The molecule has 0 spiro atoms. The Hall–Kier alpha value is -0.570. The van der Waals surface area contributed by atoms with Crippen LogP contribution in [0.1, 0.15) is 78.6 Å². The minimum absolute atomic E-state index is 0.125. The van der Waals surface area contributed by atoms with Crippen LogP contribution in [0.4, 0.5) is 0 Å². The maximum atomic E-state index is 11.1. The zero-order chi connectivity index (χ0) is 16.2. The Morgan fingerprint density at radius 1 is 0.955 bits per heavy atom. The monoisotopic (exact) mass is 310 g/mol. The molecule has 2 saturated carbocycles. The average Bonchev–Trinajstić information content (AvgIpc) is 2.54. The van der Waals surface area contributed by atoms with Crippen LogP contribution in [0.25, 0.3) is 0 Å². The summed E-state index contributed by atoms with van der Waals surface area (Å²) in [6, 6.07) is 0. The minimum atomic E-state index is -0.125. The molecule has 2 fully saturated rings. The van der Waals surface area contributed by atoms with Gasteiger partial charge in [-0.1, -0.05) is 20.3 Å². The molecular weight excluding hydrogens is 276 g/mol. The van der Waals surface area contributed by atoms with Crippen LogP contribution in [0.2, 0.25) is 0 Å². The van der Waals surface area contributed by atoms with E-state index in [-0.39, 0.29) is 12.1 Å². The SMILES string of the molecule is CCC(C)(C1CCC(OC)CC1)C1CCC(OC(C)=O)CC1. The smallest absolute Gasteiger partial charge is 0.302 e. The zero-order valence-electron chi connectivity index (χ0n) is 14.9. The van der Waals surface area contributed by atoms with Crippen LogP contribution in [0.15, 0.2) is 0 Å². The predicted octanol–water partition coefficient (Wildman–Crippen LogP) is 4.73. The average molecular weight is 310 g/mol. The highest BCUT2D eigenvalue weighted by Crippen LogP contribution is 2.51. The van der Waals surface area contributed by atoms with Crippen LogP contribution >= 0.6 is 0 Å². The molecule has 0 N–H and O–H groups in total. The molecule has 0 aliphatic heterocycles. The van der Waals surface area contributed by atoms with Crippen molar-refractivity contribution in [1.82, 2.24) is 0 Å². The topological polar surface area (TPSA) is 35.5 Å². The molecule has 0 heterocycles. The summed E-state index contributed by atoms with van der Waals surface area (Å²) >= 11 is 0. The first-order chi connectivity index (χ1) is 10.5. The van der Waals surface area contributed by atoms with Crippen LogP contribution < -0.4 is 0 Å². The largest absolute Gasteiger partial charge is 0.463 e. The molecule has 0 aromatic carbocycles. The van der Waals surface area contributed by atoms with Crippen LogP contribution in [0.3, 0.4) is 0 Å². The van der Waals surface area contributed by atoms with Crippen molar-refractivity contribution < 1.29 is 14.3 Å². The standard InChI is InChI=1S/C19H34O3/c1-5-19(3,15-6-10-17(21-4)11-7-15)16-8-12-18(13-9-16)22-14(2)20/h15-18H,5-13H2,1-4H3. The molecule has 0 aromatic rings. The molecule has 0 radical (unpaired) electrons. The summed E-state index contributed by atoms with van der Waals surface area (Å²) in [7, 11) is 1.85. The summed E-state index contributed by atoms with van der Waals surface area (Å²) in [5, 5.41) is 0. The van der Waals surface area contributed by atoms with Gasteiger partial charge in [0.05, 0.1) is 6.10 Å². The van der Waals surface area contributed by atoms with Gasteiger partial charge in [0.2, 0.25) is 0 Å². The molecule has 3 heteroatoms. The maximum Gasteiger partial charge on any atom is 0.302 e. The van der Waals surface area contributed by atoms with Crippen LogP contribution in [0, 0.1) is 17.3 Å². The van der Waals surface area contributed by atoms with E-state index in [1.807, 2.05) is 7.11 Å². The van der Waals surface area contributed by atoms with Crippen LogP contribution in [0.5, 0.6) is 0 Å². The van der Waals surface area contributed by atoms with Gasteiger partial charge >= 0.3 is 5.97 Å². The number of carbonyl (C=O) groups excluding carboxylic acids is 1. The zero-order valence-corrected chi connectivity index (χ0v) is 14.9. The number of methoxy groups -OCH3 is 1. The van der Waals surface area contributed by atoms with Gasteiger partial charge in [0, 0.05) is 14.0 Å². The van der Waals surface area contributed by atoms with Gasteiger partial charge in [-0.3, -0.25) is 4.79 Å². The van der Waals surface area contributed by atoms with E-state index in [0.29, 0.717) is 11.5 Å². The van der Waals surface area contributed by atoms with E-state index in [1.165, 1.54) is 51.9 Å². The number of hydrogen-bond donors (Lipinski definition) is 0. The molecule has 2 aliphatic carbocycles. The predicted molar refractivity (Wildman–Crippen MR) is 88.7 cm³/mol. The molecule has 0 saturated heterocycles. The lowest BCUT2D eigenvalue weighted by atomic mass is 9.58. The molecule has 1 atom stereocenters. The molecule has 3 nitrogen and oxygen atoms in total. The molecule has 1 unspecified atom stereocenters. The second kappa shape index (κ2) is 7.81. The second-order valence-corrected chi connectivity index (χ2v) is 7.65. The first-order valence-corrected chi connectivity index (χ1v) is 9.19. The van der Waals surface area contributed by atoms with Crippen molar-refractivity contribution in [2.75, 3.05) is 7.11 Å². The Labute approximate surface area is 136 Å². The first kappa shape index (κ1) is 17.8. The Morgan fingerprint density at radius 3 is 1.77 bits per heavy atom. The number of esters is 1. The summed E-state index contributed by atoms with van der Waals surface area (Å²) in [6.07, 6.45) is 11.5. The van der Waals surface area contributed by atoms with Gasteiger partial charge in [0.1, 0.15) is 6.10 Å². The Kier molecular flexibility index (Phi) is 6.31. The van der Waals surface area contributed by atoms with Gasteiger partial charge in [-0.25, -0.2) is 0 Å². The highest BCUT2D eigenvalue weighted by molar-refractivity contribution is 5.66. The van der Waals surface area contributed by atoms with E-state index < -0.39 is 0 Å².